The fourth-order valence-corrected chi connectivity index (χ4v) is 6.86. The van der Waals surface area contributed by atoms with Gasteiger partial charge in [0.25, 0.3) is 0 Å². The second kappa shape index (κ2) is 9.24. The van der Waals surface area contributed by atoms with Crippen molar-refractivity contribution in [2.24, 2.45) is 11.3 Å². The minimum atomic E-state index is -1.45. The molecule has 1 spiro atoms. The summed E-state index contributed by atoms with van der Waals surface area (Å²) in [5.74, 6) is 0.00495. The van der Waals surface area contributed by atoms with E-state index in [0.29, 0.717) is 5.92 Å². The Morgan fingerprint density at radius 2 is 2.03 bits per heavy atom. The van der Waals surface area contributed by atoms with Crippen molar-refractivity contribution in [3.63, 3.8) is 0 Å². The van der Waals surface area contributed by atoms with Crippen LogP contribution in [0.4, 0.5) is 0 Å². The van der Waals surface area contributed by atoms with Crippen LogP contribution in [-0.4, -0.2) is 34.7 Å². The van der Waals surface area contributed by atoms with Crippen LogP contribution in [-0.2, 0) is 37.2 Å². The molecule has 2 aliphatic carbocycles. The van der Waals surface area contributed by atoms with Gasteiger partial charge in [-0.2, -0.15) is 0 Å². The average Bonchev–Trinajstić information content (AvgIpc) is 2.96. The molecule has 0 unspecified atom stereocenters. The van der Waals surface area contributed by atoms with Crippen LogP contribution in [0.3, 0.4) is 0 Å². The molecular weight excluding hydrogens is 478 g/mol. The second-order valence-corrected chi connectivity index (χ2v) is 12.8. The Bertz CT molecular complexity index is 854. The van der Waals surface area contributed by atoms with Crippen LogP contribution in [0.15, 0.2) is 22.7 Å². The molecule has 1 fully saturated rings. The monoisotopic (exact) mass is 513 g/mol. The van der Waals surface area contributed by atoms with Crippen molar-refractivity contribution in [3.8, 4) is 0 Å². The zero-order valence-corrected chi connectivity index (χ0v) is 22.0. The van der Waals surface area contributed by atoms with Crippen molar-refractivity contribution in [2.75, 3.05) is 13.7 Å². The van der Waals surface area contributed by atoms with Crippen LogP contribution in [0.5, 0.6) is 0 Å². The largest absolute Gasteiger partial charge is 0.464 e. The van der Waals surface area contributed by atoms with E-state index >= 15 is 0 Å². The first-order chi connectivity index (χ1) is 14.5. The van der Waals surface area contributed by atoms with Gasteiger partial charge in [0, 0.05) is 17.0 Å². The lowest BCUT2D eigenvalue weighted by molar-refractivity contribution is -0.161. The third-order valence-electron chi connectivity index (χ3n) is 7.10. The molecule has 0 amide bonds. The Morgan fingerprint density at radius 1 is 1.32 bits per heavy atom. The van der Waals surface area contributed by atoms with Crippen LogP contribution in [0.25, 0.3) is 0 Å². The fraction of sp³-hybridized carbons (Fsp3) is 0.708. The molecule has 1 aromatic rings. The molecule has 0 radical (unpaired) electrons. The lowest BCUT2D eigenvalue weighted by atomic mass is 9.58. The van der Waals surface area contributed by atoms with Crippen molar-refractivity contribution in [1.29, 1.82) is 0 Å². The summed E-state index contributed by atoms with van der Waals surface area (Å²) in [7, 11) is 0.322. The van der Waals surface area contributed by atoms with Crippen LogP contribution < -0.4 is 4.72 Å². The van der Waals surface area contributed by atoms with E-state index in [4.69, 9.17) is 9.47 Å². The predicted octanol–water partition coefficient (Wildman–Crippen LogP) is 5.03. The third kappa shape index (κ3) is 4.28. The molecule has 31 heavy (non-hydrogen) atoms. The Labute approximate surface area is 197 Å². The van der Waals surface area contributed by atoms with Crippen LogP contribution in [0.2, 0.25) is 0 Å². The Balaban J connectivity index is 2.23. The maximum absolute atomic E-state index is 13.9. The summed E-state index contributed by atoms with van der Waals surface area (Å²) in [5.41, 5.74) is 0.440. The Kier molecular flexibility index (Phi) is 7.41. The van der Waals surface area contributed by atoms with Gasteiger partial charge >= 0.3 is 5.97 Å². The number of carbonyl (C=O) groups is 1. The van der Waals surface area contributed by atoms with E-state index in [-0.39, 0.29) is 18.7 Å². The molecule has 0 saturated heterocycles. The number of benzene rings is 1. The number of esters is 1. The third-order valence-corrected chi connectivity index (χ3v) is 9.19. The number of carbonyl (C=O) groups excluding carboxylic acids is 1. The fourth-order valence-electron chi connectivity index (χ4n) is 5.51. The molecule has 1 aromatic carbocycles. The summed E-state index contributed by atoms with van der Waals surface area (Å²) >= 11 is 3.59. The summed E-state index contributed by atoms with van der Waals surface area (Å²) < 4.78 is 28.7. The summed E-state index contributed by atoms with van der Waals surface area (Å²) in [6.07, 6.45) is 4.41. The lowest BCUT2D eigenvalue weighted by Crippen LogP contribution is -2.63. The molecule has 5 nitrogen and oxygen atoms in total. The van der Waals surface area contributed by atoms with E-state index < -0.39 is 26.7 Å². The summed E-state index contributed by atoms with van der Waals surface area (Å²) in [6, 6.07) is 6.12. The van der Waals surface area contributed by atoms with Crippen molar-refractivity contribution < 1.29 is 18.5 Å². The summed E-state index contributed by atoms with van der Waals surface area (Å²) in [6.45, 7) is 10.1. The highest BCUT2D eigenvalue weighted by molar-refractivity contribution is 9.10. The molecule has 0 bridgehead atoms. The van der Waals surface area contributed by atoms with Gasteiger partial charge in [0.05, 0.1) is 28.4 Å². The number of fused-ring (bicyclic) bond motifs is 1. The molecule has 5 atom stereocenters. The van der Waals surface area contributed by atoms with Gasteiger partial charge in [0.1, 0.15) is 0 Å². The van der Waals surface area contributed by atoms with Gasteiger partial charge in [-0.25, -0.2) is 13.7 Å². The molecule has 0 heterocycles. The van der Waals surface area contributed by atoms with E-state index in [0.717, 1.165) is 47.7 Å². The highest BCUT2D eigenvalue weighted by Crippen LogP contribution is 2.60. The van der Waals surface area contributed by atoms with E-state index in [1.807, 2.05) is 39.8 Å². The Morgan fingerprint density at radius 3 is 2.61 bits per heavy atom. The number of halogens is 1. The molecule has 3 rings (SSSR count). The zero-order valence-electron chi connectivity index (χ0n) is 19.5. The van der Waals surface area contributed by atoms with Crippen LogP contribution in [0.1, 0.15) is 71.4 Å². The predicted molar refractivity (Wildman–Crippen MR) is 128 cm³/mol. The minimum absolute atomic E-state index is 0.180. The number of hydrogen-bond donors (Lipinski definition) is 1. The topological polar surface area (TPSA) is 64.6 Å². The molecule has 1 saturated carbocycles. The summed E-state index contributed by atoms with van der Waals surface area (Å²) in [4.78, 5) is 13.9. The Hall–Kier alpha value is -0.760. The van der Waals surface area contributed by atoms with Gasteiger partial charge < -0.3 is 9.47 Å². The lowest BCUT2D eigenvalue weighted by Gasteiger charge is -2.51. The average molecular weight is 515 g/mol. The quantitative estimate of drug-likeness (QED) is 0.541. The zero-order chi connectivity index (χ0) is 23.0. The number of nitrogens with one attached hydrogen (secondary N) is 1. The van der Waals surface area contributed by atoms with Gasteiger partial charge in [-0.1, -0.05) is 35.3 Å². The number of methoxy groups -OCH3 is 1. The van der Waals surface area contributed by atoms with Crippen LogP contribution in [0, 0.1) is 11.3 Å². The molecule has 174 valence electrons. The molecule has 7 heteroatoms. The normalized spacial score (nSPS) is 31.5. The maximum Gasteiger partial charge on any atom is 0.332 e. The highest BCUT2D eigenvalue weighted by Gasteiger charge is 2.65. The van der Waals surface area contributed by atoms with Gasteiger partial charge in [-0.05, 0) is 82.6 Å². The second-order valence-electron chi connectivity index (χ2n) is 9.90. The molecule has 0 aromatic heterocycles. The number of hydrogen-bond acceptors (Lipinski definition) is 4. The van der Waals surface area contributed by atoms with E-state index in [1.54, 1.807) is 7.11 Å². The molecule has 0 aliphatic heterocycles. The van der Waals surface area contributed by atoms with Gasteiger partial charge in [0.2, 0.25) is 0 Å². The van der Waals surface area contributed by atoms with Gasteiger partial charge in [0.15, 0.2) is 5.54 Å². The summed E-state index contributed by atoms with van der Waals surface area (Å²) in [5, 5.41) is 0. The van der Waals surface area contributed by atoms with Gasteiger partial charge in [-0.15, -0.1) is 0 Å². The number of ether oxygens (including phenoxy) is 2. The molecular formula is C24H36BrNO4S. The first kappa shape index (κ1) is 24.9. The maximum atomic E-state index is 13.9. The van der Waals surface area contributed by atoms with Crippen molar-refractivity contribution >= 4 is 32.9 Å². The molecule has 1 N–H and O–H groups in total. The smallest absolute Gasteiger partial charge is 0.332 e. The van der Waals surface area contributed by atoms with E-state index in [1.165, 1.54) is 0 Å². The first-order valence-electron chi connectivity index (χ1n) is 11.2. The van der Waals surface area contributed by atoms with Crippen LogP contribution >= 0.6 is 15.9 Å². The van der Waals surface area contributed by atoms with E-state index in [9.17, 15) is 9.00 Å². The van der Waals surface area contributed by atoms with Crippen molar-refractivity contribution in [1.82, 2.24) is 4.72 Å². The van der Waals surface area contributed by atoms with Gasteiger partial charge in [-0.3, -0.25) is 0 Å². The van der Waals surface area contributed by atoms with Crippen molar-refractivity contribution in [3.05, 3.63) is 33.8 Å². The molecule has 2 aliphatic rings. The SMILES string of the molecule is CCOC(=O)[C@]1(N[S@](=O)C(C)(C)C)c2cc(Br)ccc2C[C@]12CC[C@@H](OC)[C@H](CC)C2. The van der Waals surface area contributed by atoms with Crippen molar-refractivity contribution in [2.45, 2.75) is 83.1 Å². The minimum Gasteiger partial charge on any atom is -0.464 e. The van der Waals surface area contributed by atoms with E-state index in [2.05, 4.69) is 33.6 Å². The number of rotatable bonds is 6. The first-order valence-corrected chi connectivity index (χ1v) is 13.2. The standard InChI is InChI=1S/C24H36BrNO4S/c1-7-16-14-23(12-11-20(16)29-6)15-17-9-10-18(25)13-19(17)24(23,21(27)30-8-2)26-31(28)22(3,4)5/h9-10,13,16,20,26H,7-8,11-12,14-15H2,1-6H3/t16-,20-,23-,24-,31-/m1/s1. The highest BCUT2D eigenvalue weighted by atomic mass is 79.9.